The van der Waals surface area contributed by atoms with Gasteiger partial charge in [0.15, 0.2) is 0 Å². The lowest BCUT2D eigenvalue weighted by molar-refractivity contribution is -0.117. The number of nitrogens with one attached hydrogen (secondary N) is 1. The van der Waals surface area contributed by atoms with E-state index in [4.69, 9.17) is 34.8 Å². The lowest BCUT2D eigenvalue weighted by Crippen LogP contribution is -2.30. The van der Waals surface area contributed by atoms with Gasteiger partial charge in [-0.2, -0.15) is 0 Å². The van der Waals surface area contributed by atoms with E-state index >= 15 is 0 Å². The lowest BCUT2D eigenvalue weighted by Gasteiger charge is -2.18. The number of fused-ring (bicyclic) bond motifs is 1. The van der Waals surface area contributed by atoms with Crippen molar-refractivity contribution in [2.75, 3.05) is 5.32 Å². The van der Waals surface area contributed by atoms with Gasteiger partial charge in [-0.3, -0.25) is 4.79 Å². The maximum atomic E-state index is 11.8. The van der Waals surface area contributed by atoms with Crippen molar-refractivity contribution in [3.05, 3.63) is 42.5 Å². The number of alkyl halides is 3. The number of halogens is 3. The van der Waals surface area contributed by atoms with Gasteiger partial charge >= 0.3 is 0 Å². The Morgan fingerprint density at radius 2 is 1.80 bits per heavy atom. The molecular formula is C14H12Cl3NO2. The summed E-state index contributed by atoms with van der Waals surface area (Å²) in [5, 5.41) is 14.3. The molecule has 2 N–H and O–H groups in total. The molecule has 2 aromatic carbocycles. The largest absolute Gasteiger partial charge is 0.388 e. The van der Waals surface area contributed by atoms with Gasteiger partial charge < -0.3 is 10.4 Å². The number of aliphatic hydroxyl groups excluding tert-OH is 1. The first-order valence-corrected chi connectivity index (χ1v) is 7.03. The van der Waals surface area contributed by atoms with Gasteiger partial charge in [0.25, 0.3) is 0 Å². The Morgan fingerprint density at radius 1 is 1.15 bits per heavy atom. The zero-order valence-electron chi connectivity index (χ0n) is 10.3. The minimum absolute atomic E-state index is 0.288. The fourth-order valence-corrected chi connectivity index (χ4v) is 2.00. The van der Waals surface area contributed by atoms with Crippen molar-refractivity contribution in [3.63, 3.8) is 0 Å². The highest BCUT2D eigenvalue weighted by Crippen LogP contribution is 2.32. The van der Waals surface area contributed by atoms with E-state index in [1.54, 1.807) is 6.07 Å². The van der Waals surface area contributed by atoms with Crippen molar-refractivity contribution < 1.29 is 9.90 Å². The summed E-state index contributed by atoms with van der Waals surface area (Å²) in [6.07, 6.45) is -1.64. The average Bonchev–Trinajstić information content (AvgIpc) is 2.37. The Bertz CT molecular complexity index is 625. The van der Waals surface area contributed by atoms with E-state index in [1.807, 2.05) is 36.4 Å². The Labute approximate surface area is 131 Å². The predicted octanol–water partition coefficient (Wildman–Crippen LogP) is 3.90. The third kappa shape index (κ3) is 4.00. The molecule has 1 amide bonds. The van der Waals surface area contributed by atoms with Crippen LogP contribution in [-0.4, -0.2) is 20.9 Å². The molecule has 0 spiro atoms. The van der Waals surface area contributed by atoms with Gasteiger partial charge in [0, 0.05) is 5.69 Å². The highest BCUT2D eigenvalue weighted by Gasteiger charge is 2.32. The van der Waals surface area contributed by atoms with Gasteiger partial charge in [-0.1, -0.05) is 65.1 Å². The minimum atomic E-state index is -1.87. The minimum Gasteiger partial charge on any atom is -0.388 e. The zero-order chi connectivity index (χ0) is 14.8. The van der Waals surface area contributed by atoms with Crippen LogP contribution in [0.2, 0.25) is 0 Å². The number of benzene rings is 2. The molecule has 0 aliphatic rings. The molecule has 0 aliphatic carbocycles. The molecule has 0 heterocycles. The zero-order valence-corrected chi connectivity index (χ0v) is 12.6. The Morgan fingerprint density at radius 3 is 2.45 bits per heavy atom. The van der Waals surface area contributed by atoms with Gasteiger partial charge in [-0.05, 0) is 22.9 Å². The van der Waals surface area contributed by atoms with Crippen LogP contribution in [-0.2, 0) is 4.79 Å². The van der Waals surface area contributed by atoms with E-state index in [0.717, 1.165) is 10.8 Å². The second-order valence-electron chi connectivity index (χ2n) is 4.37. The molecule has 0 unspecified atom stereocenters. The van der Waals surface area contributed by atoms with Crippen molar-refractivity contribution >= 4 is 57.2 Å². The number of carbonyl (C=O) groups is 1. The Hall–Kier alpha value is -1.00. The summed E-state index contributed by atoms with van der Waals surface area (Å²) in [6, 6.07) is 13.3. The van der Waals surface area contributed by atoms with E-state index < -0.39 is 15.8 Å². The van der Waals surface area contributed by atoms with Crippen LogP contribution in [0.4, 0.5) is 5.69 Å². The van der Waals surface area contributed by atoms with Crippen LogP contribution < -0.4 is 5.32 Å². The second kappa shape index (κ2) is 6.19. The molecule has 2 rings (SSSR count). The SMILES string of the molecule is O=C(C[C@H](O)C(Cl)(Cl)Cl)Nc1ccc2ccccc2c1. The molecule has 0 fully saturated rings. The number of carbonyl (C=O) groups excluding carboxylic acids is 1. The summed E-state index contributed by atoms with van der Waals surface area (Å²) in [5.74, 6) is -0.417. The van der Waals surface area contributed by atoms with Crippen molar-refractivity contribution in [3.8, 4) is 0 Å². The molecule has 0 bridgehead atoms. The van der Waals surface area contributed by atoms with Crippen molar-refractivity contribution in [2.24, 2.45) is 0 Å². The molecule has 0 aromatic heterocycles. The van der Waals surface area contributed by atoms with E-state index in [1.165, 1.54) is 0 Å². The molecule has 2 aromatic rings. The lowest BCUT2D eigenvalue weighted by atomic mass is 10.1. The molecule has 0 aliphatic heterocycles. The summed E-state index contributed by atoms with van der Waals surface area (Å²) < 4.78 is -1.87. The van der Waals surface area contributed by atoms with Crippen LogP contribution in [0.1, 0.15) is 6.42 Å². The molecule has 0 radical (unpaired) electrons. The monoisotopic (exact) mass is 331 g/mol. The normalized spacial score (nSPS) is 13.2. The molecule has 20 heavy (non-hydrogen) atoms. The number of amides is 1. The Balaban J connectivity index is 2.06. The quantitative estimate of drug-likeness (QED) is 0.838. The van der Waals surface area contributed by atoms with Crippen LogP contribution >= 0.6 is 34.8 Å². The molecule has 6 heteroatoms. The highest BCUT2D eigenvalue weighted by atomic mass is 35.6. The van der Waals surface area contributed by atoms with Gasteiger partial charge in [0.2, 0.25) is 9.70 Å². The van der Waals surface area contributed by atoms with Crippen molar-refractivity contribution in [1.82, 2.24) is 0 Å². The van der Waals surface area contributed by atoms with E-state index in [0.29, 0.717) is 5.69 Å². The van der Waals surface area contributed by atoms with E-state index in [9.17, 15) is 9.90 Å². The summed E-state index contributed by atoms with van der Waals surface area (Å²) in [5.41, 5.74) is 0.630. The van der Waals surface area contributed by atoms with Crippen LogP contribution in [0.3, 0.4) is 0 Å². The molecule has 1 atom stereocenters. The van der Waals surface area contributed by atoms with Crippen LogP contribution in [0, 0.1) is 0 Å². The fraction of sp³-hybridized carbons (Fsp3) is 0.214. The fourth-order valence-electron chi connectivity index (χ4n) is 1.77. The van der Waals surface area contributed by atoms with Crippen LogP contribution in [0.5, 0.6) is 0 Å². The maximum absolute atomic E-state index is 11.8. The second-order valence-corrected chi connectivity index (χ2v) is 6.74. The van der Waals surface area contributed by atoms with Crippen molar-refractivity contribution in [2.45, 2.75) is 16.3 Å². The first-order valence-electron chi connectivity index (χ1n) is 5.90. The summed E-state index contributed by atoms with van der Waals surface area (Å²) in [4.78, 5) is 11.8. The average molecular weight is 333 g/mol. The highest BCUT2D eigenvalue weighted by molar-refractivity contribution is 6.68. The standard InChI is InChI=1S/C14H12Cl3NO2/c15-14(16,17)12(19)8-13(20)18-11-6-5-9-3-1-2-4-10(9)7-11/h1-7,12,19H,8H2,(H,18,20)/t12-/m0/s1. The number of anilines is 1. The third-order valence-corrected chi connectivity index (χ3v) is 3.55. The van der Waals surface area contributed by atoms with Crippen LogP contribution in [0.15, 0.2) is 42.5 Å². The van der Waals surface area contributed by atoms with Gasteiger partial charge in [0.1, 0.15) is 6.10 Å². The first kappa shape index (κ1) is 15.4. The number of rotatable bonds is 3. The van der Waals surface area contributed by atoms with E-state index in [2.05, 4.69) is 5.32 Å². The Kier molecular flexibility index (Phi) is 4.76. The first-order chi connectivity index (χ1) is 9.36. The topological polar surface area (TPSA) is 49.3 Å². The number of aliphatic hydroxyl groups is 1. The van der Waals surface area contributed by atoms with E-state index in [-0.39, 0.29) is 6.42 Å². The maximum Gasteiger partial charge on any atom is 0.227 e. The molecule has 106 valence electrons. The van der Waals surface area contributed by atoms with Gasteiger partial charge in [-0.25, -0.2) is 0 Å². The van der Waals surface area contributed by atoms with Crippen molar-refractivity contribution in [1.29, 1.82) is 0 Å². The summed E-state index contributed by atoms with van der Waals surface area (Å²) in [7, 11) is 0. The van der Waals surface area contributed by atoms with Gasteiger partial charge in [-0.15, -0.1) is 0 Å². The summed E-state index contributed by atoms with van der Waals surface area (Å²) >= 11 is 16.5. The smallest absolute Gasteiger partial charge is 0.227 e. The number of hydrogen-bond donors (Lipinski definition) is 2. The number of hydrogen-bond acceptors (Lipinski definition) is 2. The molecule has 0 saturated carbocycles. The predicted molar refractivity (Wildman–Crippen MR) is 83.5 cm³/mol. The van der Waals surface area contributed by atoms with Crippen LogP contribution in [0.25, 0.3) is 10.8 Å². The molecule has 3 nitrogen and oxygen atoms in total. The third-order valence-electron chi connectivity index (χ3n) is 2.79. The molecular weight excluding hydrogens is 321 g/mol. The molecule has 0 saturated heterocycles. The van der Waals surface area contributed by atoms with Gasteiger partial charge in [0.05, 0.1) is 6.42 Å². The summed E-state index contributed by atoms with van der Waals surface area (Å²) in [6.45, 7) is 0.